The van der Waals surface area contributed by atoms with Gasteiger partial charge in [0.15, 0.2) is 4.80 Å². The third-order valence-electron chi connectivity index (χ3n) is 5.50. The van der Waals surface area contributed by atoms with E-state index in [0.29, 0.717) is 29.0 Å². The Kier molecular flexibility index (Phi) is 6.97. The predicted molar refractivity (Wildman–Crippen MR) is 125 cm³/mol. The molecular formula is C25H27N3O3S. The minimum absolute atomic E-state index is 0.103. The Morgan fingerprint density at radius 2 is 1.97 bits per heavy atom. The number of thiazole rings is 1. The fourth-order valence-corrected chi connectivity index (χ4v) is 4.61. The Labute approximate surface area is 191 Å². The van der Waals surface area contributed by atoms with Crippen LogP contribution in [0.25, 0.3) is 0 Å². The van der Waals surface area contributed by atoms with E-state index in [4.69, 9.17) is 4.74 Å². The number of aromatic nitrogens is 1. The Morgan fingerprint density at radius 1 is 1.16 bits per heavy atom. The van der Waals surface area contributed by atoms with Crippen molar-refractivity contribution in [3.63, 3.8) is 0 Å². The lowest BCUT2D eigenvalue weighted by Gasteiger charge is -2.12. The Balaban J connectivity index is 1.51. The highest BCUT2D eigenvalue weighted by Gasteiger charge is 2.17. The van der Waals surface area contributed by atoms with Crippen LogP contribution < -0.4 is 10.1 Å². The van der Waals surface area contributed by atoms with Crippen LogP contribution in [0.1, 0.15) is 50.4 Å². The number of carbonyl (C=O) groups is 2. The highest BCUT2D eigenvalue weighted by atomic mass is 32.1. The number of hydrogen-bond acceptors (Lipinski definition) is 4. The largest absolute Gasteiger partial charge is 0.376 e. The summed E-state index contributed by atoms with van der Waals surface area (Å²) in [5.41, 5.74) is 4.20. The maximum atomic E-state index is 12.7. The van der Waals surface area contributed by atoms with Crippen molar-refractivity contribution in [2.45, 2.75) is 39.3 Å². The lowest BCUT2D eigenvalue weighted by Crippen LogP contribution is -2.31. The van der Waals surface area contributed by atoms with E-state index in [9.17, 15) is 9.59 Å². The smallest absolute Gasteiger partial charge is 0.279 e. The van der Waals surface area contributed by atoms with Crippen LogP contribution in [0.15, 0.2) is 58.9 Å². The number of ether oxygens (including phenoxy) is 1. The van der Waals surface area contributed by atoms with Crippen LogP contribution in [-0.4, -0.2) is 35.6 Å². The van der Waals surface area contributed by atoms with Gasteiger partial charge in [-0.3, -0.25) is 9.59 Å². The zero-order chi connectivity index (χ0) is 22.5. The minimum atomic E-state index is -0.258. The molecule has 2 amide bonds. The molecule has 32 heavy (non-hydrogen) atoms. The summed E-state index contributed by atoms with van der Waals surface area (Å²) in [6.45, 7) is 5.78. The standard InChI is InChI=1S/C25H27N3O3S/c1-17-6-3-8-20(12-17)24(30)27-25-28(18(2)16-32-25)15-19-7-4-9-21(13-19)23(29)26-14-22-10-5-11-31-22/h3-4,6-9,12-13,16,22H,5,10-11,14-15H2,1-2H3,(H,26,29)/t22-/m0/s1. The molecule has 1 atom stereocenters. The molecular weight excluding hydrogens is 422 g/mol. The van der Waals surface area contributed by atoms with E-state index in [1.807, 2.05) is 66.3 Å². The molecule has 7 heteroatoms. The van der Waals surface area contributed by atoms with Crippen molar-refractivity contribution >= 4 is 23.2 Å². The number of carbonyl (C=O) groups excluding carboxylic acids is 2. The quantitative estimate of drug-likeness (QED) is 0.621. The van der Waals surface area contributed by atoms with Crippen LogP contribution in [0.3, 0.4) is 0 Å². The number of aryl methyl sites for hydroxylation is 2. The second-order valence-electron chi connectivity index (χ2n) is 8.08. The monoisotopic (exact) mass is 449 g/mol. The molecule has 1 fully saturated rings. The van der Waals surface area contributed by atoms with Crippen molar-refractivity contribution in [1.29, 1.82) is 0 Å². The van der Waals surface area contributed by atoms with E-state index >= 15 is 0 Å². The number of amides is 2. The highest BCUT2D eigenvalue weighted by molar-refractivity contribution is 7.07. The van der Waals surface area contributed by atoms with Crippen molar-refractivity contribution in [3.05, 3.63) is 86.7 Å². The van der Waals surface area contributed by atoms with Crippen LogP contribution in [0.2, 0.25) is 0 Å². The Bertz CT molecular complexity index is 1190. The maximum Gasteiger partial charge on any atom is 0.279 e. The van der Waals surface area contributed by atoms with E-state index in [2.05, 4.69) is 10.3 Å². The van der Waals surface area contributed by atoms with Crippen molar-refractivity contribution in [2.75, 3.05) is 13.2 Å². The molecule has 0 saturated carbocycles. The molecule has 3 aromatic rings. The van der Waals surface area contributed by atoms with Crippen LogP contribution in [-0.2, 0) is 11.3 Å². The van der Waals surface area contributed by atoms with Gasteiger partial charge >= 0.3 is 0 Å². The second kappa shape index (κ2) is 10.1. The van der Waals surface area contributed by atoms with Gasteiger partial charge in [-0.15, -0.1) is 11.3 Å². The summed E-state index contributed by atoms with van der Waals surface area (Å²) in [6.07, 6.45) is 2.15. The average Bonchev–Trinajstić information content (AvgIpc) is 3.43. The van der Waals surface area contributed by atoms with Crippen LogP contribution in [0.4, 0.5) is 0 Å². The van der Waals surface area contributed by atoms with Gasteiger partial charge in [-0.25, -0.2) is 0 Å². The van der Waals surface area contributed by atoms with Gasteiger partial charge in [0.25, 0.3) is 11.8 Å². The second-order valence-corrected chi connectivity index (χ2v) is 8.91. The number of hydrogen-bond donors (Lipinski definition) is 1. The normalized spacial score (nSPS) is 16.3. The molecule has 4 rings (SSSR count). The maximum absolute atomic E-state index is 12.7. The lowest BCUT2D eigenvalue weighted by atomic mass is 10.1. The molecule has 0 aliphatic carbocycles. The SMILES string of the molecule is Cc1cccc(C(=O)N=c2scc(C)n2Cc2cccc(C(=O)NC[C@@H]3CCCO3)c2)c1. The molecule has 1 saturated heterocycles. The Morgan fingerprint density at radius 3 is 2.75 bits per heavy atom. The van der Waals surface area contributed by atoms with Crippen LogP contribution >= 0.6 is 11.3 Å². The topological polar surface area (TPSA) is 72.7 Å². The van der Waals surface area contributed by atoms with Crippen molar-refractivity contribution in [3.8, 4) is 0 Å². The summed E-state index contributed by atoms with van der Waals surface area (Å²) in [4.78, 5) is 30.3. The van der Waals surface area contributed by atoms with E-state index in [-0.39, 0.29) is 17.9 Å². The molecule has 1 aromatic heterocycles. The zero-order valence-corrected chi connectivity index (χ0v) is 19.2. The van der Waals surface area contributed by atoms with Gasteiger partial charge < -0.3 is 14.6 Å². The van der Waals surface area contributed by atoms with Gasteiger partial charge in [0.1, 0.15) is 0 Å². The summed E-state index contributed by atoms with van der Waals surface area (Å²) in [6, 6.07) is 15.0. The fourth-order valence-electron chi connectivity index (χ4n) is 3.73. The predicted octanol–water partition coefficient (Wildman–Crippen LogP) is 3.86. The van der Waals surface area contributed by atoms with Gasteiger partial charge in [-0.05, 0) is 56.5 Å². The molecule has 2 heterocycles. The first-order valence-corrected chi connectivity index (χ1v) is 11.7. The van der Waals surface area contributed by atoms with E-state index < -0.39 is 0 Å². The van der Waals surface area contributed by atoms with Crippen molar-refractivity contribution in [1.82, 2.24) is 9.88 Å². The van der Waals surface area contributed by atoms with Crippen LogP contribution in [0.5, 0.6) is 0 Å². The van der Waals surface area contributed by atoms with E-state index in [0.717, 1.165) is 36.3 Å². The third-order valence-corrected chi connectivity index (χ3v) is 6.48. The summed E-state index contributed by atoms with van der Waals surface area (Å²) in [5.74, 6) is -0.361. The van der Waals surface area contributed by atoms with E-state index in [1.54, 1.807) is 6.07 Å². The summed E-state index contributed by atoms with van der Waals surface area (Å²) in [5, 5.41) is 4.95. The minimum Gasteiger partial charge on any atom is -0.376 e. The van der Waals surface area contributed by atoms with Gasteiger partial charge in [0.05, 0.1) is 12.6 Å². The highest BCUT2D eigenvalue weighted by Crippen LogP contribution is 2.13. The van der Waals surface area contributed by atoms with Gasteiger partial charge in [-0.1, -0.05) is 29.8 Å². The third kappa shape index (κ3) is 5.41. The first kappa shape index (κ1) is 22.2. The summed E-state index contributed by atoms with van der Waals surface area (Å²) in [7, 11) is 0. The molecule has 1 N–H and O–H groups in total. The Hall–Kier alpha value is -3.03. The summed E-state index contributed by atoms with van der Waals surface area (Å²) >= 11 is 1.44. The average molecular weight is 450 g/mol. The first-order chi connectivity index (χ1) is 15.5. The molecule has 6 nitrogen and oxygen atoms in total. The van der Waals surface area contributed by atoms with Crippen LogP contribution in [0, 0.1) is 13.8 Å². The fraction of sp³-hybridized carbons (Fsp3) is 0.320. The molecule has 1 aliphatic heterocycles. The molecule has 0 radical (unpaired) electrons. The van der Waals surface area contributed by atoms with Crippen molar-refractivity contribution < 1.29 is 14.3 Å². The number of rotatable bonds is 6. The van der Waals surface area contributed by atoms with Gasteiger partial charge in [-0.2, -0.15) is 4.99 Å². The molecule has 1 aliphatic rings. The number of nitrogens with one attached hydrogen (secondary N) is 1. The summed E-state index contributed by atoms with van der Waals surface area (Å²) < 4.78 is 7.58. The number of benzene rings is 2. The van der Waals surface area contributed by atoms with Gasteiger partial charge in [0, 0.05) is 35.4 Å². The first-order valence-electron chi connectivity index (χ1n) is 10.8. The van der Waals surface area contributed by atoms with Crippen molar-refractivity contribution in [2.24, 2.45) is 4.99 Å². The molecule has 0 spiro atoms. The molecule has 0 bridgehead atoms. The molecule has 0 unspecified atom stereocenters. The molecule has 2 aromatic carbocycles. The zero-order valence-electron chi connectivity index (χ0n) is 18.3. The van der Waals surface area contributed by atoms with Gasteiger partial charge in [0.2, 0.25) is 0 Å². The van der Waals surface area contributed by atoms with E-state index in [1.165, 1.54) is 11.3 Å². The number of nitrogens with zero attached hydrogens (tertiary/aromatic N) is 2. The molecule has 166 valence electrons. The lowest BCUT2D eigenvalue weighted by molar-refractivity contribution is 0.0857.